The third kappa shape index (κ3) is 3.71. The van der Waals surface area contributed by atoms with Gasteiger partial charge < -0.3 is 11.1 Å². The zero-order chi connectivity index (χ0) is 19.0. The summed E-state index contributed by atoms with van der Waals surface area (Å²) in [6.07, 6.45) is 4.57. The monoisotopic (exact) mass is 418 g/mol. The molecule has 6 nitrogen and oxygen atoms in total. The van der Waals surface area contributed by atoms with Gasteiger partial charge >= 0.3 is 0 Å². The highest BCUT2D eigenvalue weighted by atomic mass is 32.2. The topological polar surface area (TPSA) is 98.0 Å². The number of amides is 2. The van der Waals surface area contributed by atoms with Gasteiger partial charge in [0.05, 0.1) is 11.3 Å². The SMILES string of the molecule is Cc1nc(SCC(=O)Nc2sccc2C(N)=O)c2c3c(sc2n1)CCCC3. The zero-order valence-corrected chi connectivity index (χ0v) is 17.2. The number of hydrogen-bond acceptors (Lipinski definition) is 7. The van der Waals surface area contributed by atoms with Gasteiger partial charge in [-0.3, -0.25) is 9.59 Å². The minimum absolute atomic E-state index is 0.182. The molecule has 0 spiro atoms. The lowest BCUT2D eigenvalue weighted by atomic mass is 9.97. The molecule has 0 fully saturated rings. The van der Waals surface area contributed by atoms with Crippen LogP contribution >= 0.6 is 34.4 Å². The number of aromatic nitrogens is 2. The fourth-order valence-electron chi connectivity index (χ4n) is 3.23. The van der Waals surface area contributed by atoms with Gasteiger partial charge in [0.1, 0.15) is 20.7 Å². The first-order chi connectivity index (χ1) is 13.0. The van der Waals surface area contributed by atoms with Gasteiger partial charge in [0.15, 0.2) is 0 Å². The van der Waals surface area contributed by atoms with Crippen molar-refractivity contribution in [1.82, 2.24) is 9.97 Å². The van der Waals surface area contributed by atoms with Crippen molar-refractivity contribution in [3.05, 3.63) is 33.3 Å². The Morgan fingerprint density at radius 2 is 2.11 bits per heavy atom. The minimum Gasteiger partial charge on any atom is -0.366 e. The first-order valence-corrected chi connectivity index (χ1v) is 11.3. The van der Waals surface area contributed by atoms with E-state index in [9.17, 15) is 9.59 Å². The molecule has 0 bridgehead atoms. The maximum absolute atomic E-state index is 12.4. The smallest absolute Gasteiger partial charge is 0.251 e. The summed E-state index contributed by atoms with van der Waals surface area (Å²) in [6.45, 7) is 1.88. The van der Waals surface area contributed by atoms with Crippen molar-refractivity contribution in [2.24, 2.45) is 5.73 Å². The summed E-state index contributed by atoms with van der Waals surface area (Å²) in [6, 6.07) is 1.62. The molecule has 0 saturated carbocycles. The largest absolute Gasteiger partial charge is 0.366 e. The van der Waals surface area contributed by atoms with E-state index in [1.165, 1.54) is 46.4 Å². The summed E-state index contributed by atoms with van der Waals surface area (Å²) in [5.74, 6) is 0.209. The van der Waals surface area contributed by atoms with Gasteiger partial charge in [-0.25, -0.2) is 9.97 Å². The molecule has 27 heavy (non-hydrogen) atoms. The fraction of sp³-hybridized carbons (Fsp3) is 0.333. The zero-order valence-electron chi connectivity index (χ0n) is 14.7. The summed E-state index contributed by atoms with van der Waals surface area (Å²) in [4.78, 5) is 35.4. The number of hydrogen-bond donors (Lipinski definition) is 2. The van der Waals surface area contributed by atoms with E-state index in [2.05, 4.69) is 15.3 Å². The van der Waals surface area contributed by atoms with Crippen molar-refractivity contribution in [3.63, 3.8) is 0 Å². The number of aryl methyl sites for hydroxylation is 3. The van der Waals surface area contributed by atoms with Crippen molar-refractivity contribution >= 4 is 61.5 Å². The van der Waals surface area contributed by atoms with Crippen LogP contribution in [0, 0.1) is 6.92 Å². The number of nitrogens with two attached hydrogens (primary N) is 1. The Balaban J connectivity index is 1.55. The molecule has 0 aromatic carbocycles. The maximum atomic E-state index is 12.4. The van der Waals surface area contributed by atoms with Crippen LogP contribution in [0.15, 0.2) is 16.5 Å². The number of primary amides is 1. The highest BCUT2D eigenvalue weighted by Crippen LogP contribution is 2.39. The van der Waals surface area contributed by atoms with Gasteiger partial charge in [-0.05, 0) is 49.6 Å². The third-order valence-corrected chi connectivity index (χ3v) is 7.41. The van der Waals surface area contributed by atoms with Crippen LogP contribution in [0.5, 0.6) is 0 Å². The number of rotatable bonds is 5. The Bertz CT molecular complexity index is 1040. The summed E-state index contributed by atoms with van der Waals surface area (Å²) >= 11 is 4.46. The van der Waals surface area contributed by atoms with Gasteiger partial charge in [0, 0.05) is 10.3 Å². The molecule has 9 heteroatoms. The molecule has 140 valence electrons. The molecule has 2 amide bonds. The molecule has 4 rings (SSSR count). The van der Waals surface area contributed by atoms with E-state index in [4.69, 9.17) is 5.73 Å². The van der Waals surface area contributed by atoms with Crippen LogP contribution in [-0.4, -0.2) is 27.5 Å². The number of thioether (sulfide) groups is 1. The van der Waals surface area contributed by atoms with Gasteiger partial charge in [0.25, 0.3) is 5.91 Å². The normalized spacial score (nSPS) is 13.5. The van der Waals surface area contributed by atoms with E-state index in [0.717, 1.165) is 33.9 Å². The predicted molar refractivity (Wildman–Crippen MR) is 111 cm³/mol. The minimum atomic E-state index is -0.544. The number of nitrogens with one attached hydrogen (secondary N) is 1. The Hall–Kier alpha value is -1.97. The average Bonchev–Trinajstić information content (AvgIpc) is 3.23. The molecule has 3 aromatic heterocycles. The molecule has 0 aliphatic heterocycles. The van der Waals surface area contributed by atoms with Crippen molar-refractivity contribution in [3.8, 4) is 0 Å². The van der Waals surface area contributed by atoms with E-state index in [1.807, 2.05) is 6.92 Å². The second-order valence-corrected chi connectivity index (χ2v) is 9.30. The fourth-order valence-corrected chi connectivity index (χ4v) is 6.31. The van der Waals surface area contributed by atoms with Crippen molar-refractivity contribution in [2.75, 3.05) is 11.1 Å². The predicted octanol–water partition coefficient (Wildman–Crippen LogP) is 3.77. The van der Waals surface area contributed by atoms with Crippen LogP contribution in [0.1, 0.15) is 39.5 Å². The Kier molecular flexibility index (Phi) is 5.16. The van der Waals surface area contributed by atoms with Gasteiger partial charge in [-0.15, -0.1) is 22.7 Å². The molecular weight excluding hydrogens is 400 g/mol. The van der Waals surface area contributed by atoms with Crippen LogP contribution in [0.2, 0.25) is 0 Å². The Morgan fingerprint density at radius 1 is 1.30 bits per heavy atom. The van der Waals surface area contributed by atoms with Crippen molar-refractivity contribution in [1.29, 1.82) is 0 Å². The molecule has 0 radical (unpaired) electrons. The number of anilines is 1. The molecule has 1 aliphatic rings. The molecule has 3 N–H and O–H groups in total. The Labute approximate surface area is 168 Å². The number of carbonyl (C=O) groups is 2. The summed E-state index contributed by atoms with van der Waals surface area (Å²) in [5.41, 5.74) is 7.03. The number of nitrogens with zero attached hydrogens (tertiary/aromatic N) is 2. The van der Waals surface area contributed by atoms with Crippen LogP contribution in [0.3, 0.4) is 0 Å². The van der Waals surface area contributed by atoms with E-state index < -0.39 is 5.91 Å². The maximum Gasteiger partial charge on any atom is 0.251 e. The van der Waals surface area contributed by atoms with E-state index >= 15 is 0 Å². The lowest BCUT2D eigenvalue weighted by Gasteiger charge is -2.11. The van der Waals surface area contributed by atoms with Gasteiger partial charge in [-0.2, -0.15) is 0 Å². The highest BCUT2D eigenvalue weighted by Gasteiger charge is 2.21. The summed E-state index contributed by atoms with van der Waals surface area (Å²) in [7, 11) is 0. The second kappa shape index (κ2) is 7.57. The number of thiophene rings is 2. The van der Waals surface area contributed by atoms with E-state index in [1.54, 1.807) is 22.8 Å². The lowest BCUT2D eigenvalue weighted by molar-refractivity contribution is -0.113. The summed E-state index contributed by atoms with van der Waals surface area (Å²) < 4.78 is 0. The van der Waals surface area contributed by atoms with Gasteiger partial charge in [-0.1, -0.05) is 11.8 Å². The third-order valence-electron chi connectivity index (χ3n) is 4.42. The summed E-state index contributed by atoms with van der Waals surface area (Å²) in [5, 5.41) is 6.99. The van der Waals surface area contributed by atoms with E-state index in [0.29, 0.717) is 10.6 Å². The van der Waals surface area contributed by atoms with Crippen LogP contribution < -0.4 is 11.1 Å². The molecular formula is C18H18N4O2S3. The van der Waals surface area contributed by atoms with Crippen LogP contribution in [-0.2, 0) is 17.6 Å². The number of fused-ring (bicyclic) bond motifs is 3. The first kappa shape index (κ1) is 18.4. The van der Waals surface area contributed by atoms with Crippen molar-refractivity contribution in [2.45, 2.75) is 37.6 Å². The van der Waals surface area contributed by atoms with Crippen LogP contribution in [0.25, 0.3) is 10.2 Å². The number of carbonyl (C=O) groups excluding carboxylic acids is 2. The standard InChI is InChI=1S/C18H18N4O2S3/c1-9-20-17(14-10-4-2-3-5-12(10)27-18(14)21-9)26-8-13(23)22-16-11(15(19)24)6-7-25-16/h6-7H,2-5,8H2,1H3,(H2,19,24)(H,22,23). The lowest BCUT2D eigenvalue weighted by Crippen LogP contribution is -2.17. The molecule has 3 heterocycles. The second-order valence-electron chi connectivity index (χ2n) is 6.33. The Morgan fingerprint density at radius 3 is 2.93 bits per heavy atom. The van der Waals surface area contributed by atoms with Crippen molar-refractivity contribution < 1.29 is 9.59 Å². The van der Waals surface area contributed by atoms with E-state index in [-0.39, 0.29) is 11.7 Å². The molecule has 0 unspecified atom stereocenters. The quantitative estimate of drug-likeness (QED) is 0.485. The molecule has 0 saturated heterocycles. The molecule has 0 atom stereocenters. The average molecular weight is 419 g/mol. The van der Waals surface area contributed by atoms with Crippen LogP contribution in [0.4, 0.5) is 5.00 Å². The van der Waals surface area contributed by atoms with Gasteiger partial charge in [0.2, 0.25) is 5.91 Å². The molecule has 1 aliphatic carbocycles. The highest BCUT2D eigenvalue weighted by molar-refractivity contribution is 8.00. The first-order valence-electron chi connectivity index (χ1n) is 8.61. The molecule has 3 aromatic rings.